The van der Waals surface area contributed by atoms with Crippen LogP contribution < -0.4 is 0 Å². The van der Waals surface area contributed by atoms with Crippen LogP contribution in [0, 0.1) is 7.43 Å². The summed E-state index contributed by atoms with van der Waals surface area (Å²) in [7, 11) is 0. The summed E-state index contributed by atoms with van der Waals surface area (Å²) in [5.74, 6) is -0.875. The van der Waals surface area contributed by atoms with Gasteiger partial charge in [0.15, 0.2) is 0 Å². The summed E-state index contributed by atoms with van der Waals surface area (Å²) >= 11 is 0. The number of amides is 2. The molecule has 0 heterocycles. The molecule has 0 rings (SSSR count). The van der Waals surface area contributed by atoms with E-state index >= 15 is 0 Å². The summed E-state index contributed by atoms with van der Waals surface area (Å²) in [5, 5.41) is 3.00. The maximum atomic E-state index is 9.87. The number of nitrogens with zero attached hydrogens (tertiary/aromatic N) is 1. The molecule has 4 heteroatoms. The van der Waals surface area contributed by atoms with Crippen molar-refractivity contribution in [2.75, 3.05) is 0 Å². The Morgan fingerprint density at radius 2 is 1.33 bits per heavy atom. The summed E-state index contributed by atoms with van der Waals surface area (Å²) in [5.41, 5.74) is 0. The molecule has 0 N–H and O–H groups in total. The van der Waals surface area contributed by atoms with Crippen LogP contribution in [0.15, 0.2) is 0 Å². The first kappa shape index (κ1) is 16.1. The Hall–Kier alpha value is 0.244. The van der Waals surface area contributed by atoms with Crippen molar-refractivity contribution in [1.29, 1.82) is 0 Å². The second-order valence-corrected chi connectivity index (χ2v) is 1.15. The number of carbonyl (C=O) groups excluding carboxylic acids is 2. The van der Waals surface area contributed by atoms with Gasteiger partial charge in [-0.25, -0.2) is 0 Å². The van der Waals surface area contributed by atoms with Crippen molar-refractivity contribution in [3.63, 3.8) is 0 Å². The maximum absolute atomic E-state index is 9.87. The SMILES string of the molecule is CC(=O)[N-]C(C)=O.[CH3-].[Y]. The Morgan fingerprint density at radius 3 is 1.33 bits per heavy atom. The van der Waals surface area contributed by atoms with E-state index in [1.807, 2.05) is 0 Å². The van der Waals surface area contributed by atoms with E-state index in [0.29, 0.717) is 0 Å². The van der Waals surface area contributed by atoms with Gasteiger partial charge in [0.25, 0.3) is 0 Å². The normalized spacial score (nSPS) is 6.00. The molecular formula is C5H9NO2Y-2. The molecule has 0 aliphatic heterocycles. The average molecular weight is 204 g/mol. The molecule has 2 amide bonds. The van der Waals surface area contributed by atoms with E-state index in [1.54, 1.807) is 0 Å². The second kappa shape index (κ2) is 8.24. The molecule has 0 saturated heterocycles. The van der Waals surface area contributed by atoms with Crippen LogP contribution in [0.1, 0.15) is 13.8 Å². The third-order valence-corrected chi connectivity index (χ3v) is 0.315. The Balaban J connectivity index is -0.000000180. The van der Waals surface area contributed by atoms with E-state index < -0.39 is 11.8 Å². The minimum absolute atomic E-state index is 0. The molecule has 0 aliphatic carbocycles. The largest absolute Gasteiger partial charge is 0.596 e. The van der Waals surface area contributed by atoms with Crippen LogP contribution >= 0.6 is 0 Å². The van der Waals surface area contributed by atoms with Crippen LogP contribution in [0.2, 0.25) is 0 Å². The number of carbonyl (C=O) groups is 2. The Kier molecular flexibility index (Phi) is 14.8. The molecule has 1 radical (unpaired) electrons. The molecule has 0 fully saturated rings. The Morgan fingerprint density at radius 1 is 1.11 bits per heavy atom. The fourth-order valence-electron chi connectivity index (χ4n) is 0.222. The van der Waals surface area contributed by atoms with Crippen LogP contribution in [-0.2, 0) is 42.3 Å². The van der Waals surface area contributed by atoms with Crippen LogP contribution in [0.3, 0.4) is 0 Å². The number of imide groups is 1. The van der Waals surface area contributed by atoms with Crippen molar-refractivity contribution in [1.82, 2.24) is 0 Å². The molecule has 0 aromatic carbocycles. The number of hydrogen-bond donors (Lipinski definition) is 0. The van der Waals surface area contributed by atoms with Crippen molar-refractivity contribution in [2.45, 2.75) is 13.8 Å². The van der Waals surface area contributed by atoms with Crippen LogP contribution in [0.4, 0.5) is 0 Å². The minimum atomic E-state index is -0.437. The van der Waals surface area contributed by atoms with E-state index in [-0.39, 0.29) is 40.1 Å². The molecule has 3 nitrogen and oxygen atoms in total. The standard InChI is InChI=1S/C4H7NO2.CH3.Y/c1-3(6)5-4(2)7;;/h1-2H3,(H,5,6,7);1H3;/q;-1;/p-1. The summed E-state index contributed by atoms with van der Waals surface area (Å²) < 4.78 is 0. The van der Waals surface area contributed by atoms with Gasteiger partial charge in [-0.1, -0.05) is 0 Å². The van der Waals surface area contributed by atoms with Crippen LogP contribution in [0.25, 0.3) is 5.32 Å². The molecule has 9 heavy (non-hydrogen) atoms. The first-order valence-corrected chi connectivity index (χ1v) is 1.86. The summed E-state index contributed by atoms with van der Waals surface area (Å²) in [6.45, 7) is 2.47. The Labute approximate surface area is 80.5 Å². The van der Waals surface area contributed by atoms with E-state index in [2.05, 4.69) is 5.32 Å². The second-order valence-electron chi connectivity index (χ2n) is 1.15. The number of rotatable bonds is 0. The molecule has 0 bridgehead atoms. The molecule has 0 saturated carbocycles. The average Bonchev–Trinajstić information content (AvgIpc) is 1.27. The number of hydrogen-bond acceptors (Lipinski definition) is 2. The molecule has 0 aromatic rings. The van der Waals surface area contributed by atoms with Crippen molar-refractivity contribution in [3.8, 4) is 0 Å². The molecule has 0 aromatic heterocycles. The van der Waals surface area contributed by atoms with Gasteiger partial charge < -0.3 is 22.3 Å². The van der Waals surface area contributed by atoms with E-state index in [9.17, 15) is 9.59 Å². The molecule has 51 valence electrons. The van der Waals surface area contributed by atoms with Gasteiger partial charge >= 0.3 is 0 Å². The topological polar surface area (TPSA) is 48.2 Å². The van der Waals surface area contributed by atoms with Gasteiger partial charge in [0.1, 0.15) is 0 Å². The summed E-state index contributed by atoms with van der Waals surface area (Å²) in [6, 6.07) is 0. The van der Waals surface area contributed by atoms with Gasteiger partial charge in [-0.3, -0.25) is 0 Å². The first-order valence-electron chi connectivity index (χ1n) is 1.86. The fraction of sp³-hybridized carbons (Fsp3) is 0.400. The quantitative estimate of drug-likeness (QED) is 0.550. The van der Waals surface area contributed by atoms with E-state index in [4.69, 9.17) is 0 Å². The maximum Gasteiger partial charge on any atom is 0.0533 e. The summed E-state index contributed by atoms with van der Waals surface area (Å²) in [6.07, 6.45) is 0. The predicted octanol–water partition coefficient (Wildman–Crippen LogP) is 0.901. The van der Waals surface area contributed by atoms with Crippen molar-refractivity contribution < 1.29 is 42.3 Å². The third kappa shape index (κ3) is 17.8. The monoisotopic (exact) mass is 204 g/mol. The van der Waals surface area contributed by atoms with Gasteiger partial charge in [-0.15, -0.1) is 0 Å². The van der Waals surface area contributed by atoms with Gasteiger partial charge in [-0.05, 0) is 13.8 Å². The zero-order valence-electron chi connectivity index (χ0n) is 5.84. The van der Waals surface area contributed by atoms with Gasteiger partial charge in [0.2, 0.25) is 0 Å². The van der Waals surface area contributed by atoms with Gasteiger partial charge in [0, 0.05) is 32.7 Å². The molecular weight excluding hydrogens is 195 g/mol. The van der Waals surface area contributed by atoms with E-state index in [1.165, 1.54) is 13.8 Å². The van der Waals surface area contributed by atoms with Crippen molar-refractivity contribution >= 4 is 11.8 Å². The molecule has 0 atom stereocenters. The van der Waals surface area contributed by atoms with Gasteiger partial charge in [-0.2, -0.15) is 0 Å². The fourth-order valence-corrected chi connectivity index (χ4v) is 0.222. The summed E-state index contributed by atoms with van der Waals surface area (Å²) in [4.78, 5) is 19.7. The first-order chi connectivity index (χ1) is 3.13. The molecule has 0 spiro atoms. The third-order valence-electron chi connectivity index (χ3n) is 0.315. The molecule has 0 aliphatic rings. The van der Waals surface area contributed by atoms with Crippen molar-refractivity contribution in [2.24, 2.45) is 0 Å². The van der Waals surface area contributed by atoms with E-state index in [0.717, 1.165) is 0 Å². The minimum Gasteiger partial charge on any atom is -0.596 e. The Bertz CT molecular complexity index is 91.1. The molecule has 0 unspecified atom stereocenters. The smallest absolute Gasteiger partial charge is 0.0533 e. The van der Waals surface area contributed by atoms with Gasteiger partial charge in [0.05, 0.1) is 11.8 Å². The van der Waals surface area contributed by atoms with Crippen LogP contribution in [-0.4, -0.2) is 11.8 Å². The van der Waals surface area contributed by atoms with Crippen molar-refractivity contribution in [3.05, 3.63) is 12.7 Å². The zero-order valence-corrected chi connectivity index (χ0v) is 8.68. The predicted molar refractivity (Wildman–Crippen MR) is 31.1 cm³/mol. The van der Waals surface area contributed by atoms with Crippen LogP contribution in [0.5, 0.6) is 0 Å². The zero-order chi connectivity index (χ0) is 5.86.